The third kappa shape index (κ3) is 1.39. The predicted molar refractivity (Wildman–Crippen MR) is 69.9 cm³/mol. The van der Waals surface area contributed by atoms with Crippen LogP contribution < -0.4 is 5.73 Å². The van der Waals surface area contributed by atoms with Crippen LogP contribution in [0.15, 0.2) is 23.1 Å². The maximum absolute atomic E-state index is 6.28. The number of nitrogens with zero attached hydrogens (tertiary/aromatic N) is 1. The van der Waals surface area contributed by atoms with Crippen LogP contribution in [-0.4, -0.2) is 10.7 Å². The molecule has 3 heteroatoms. The Morgan fingerprint density at radius 2 is 2.25 bits per heavy atom. The fourth-order valence-corrected chi connectivity index (χ4v) is 3.37. The Bertz CT molecular complexity index is 563. The lowest BCUT2D eigenvalue weighted by molar-refractivity contribution is 0.855. The minimum absolute atomic E-state index is 0.933. The molecule has 2 nitrogen and oxygen atoms in total. The highest BCUT2D eigenvalue weighted by Gasteiger charge is 2.17. The molecule has 0 atom stereocenters. The van der Waals surface area contributed by atoms with E-state index in [-0.39, 0.29) is 0 Å². The van der Waals surface area contributed by atoms with Crippen molar-refractivity contribution in [3.05, 3.63) is 29.5 Å². The second-order valence-electron chi connectivity index (χ2n) is 4.22. The molecule has 0 fully saturated rings. The first-order valence-electron chi connectivity index (χ1n) is 5.58. The number of fused-ring (bicyclic) bond motifs is 2. The molecule has 2 N–H and O–H groups in total. The minimum atomic E-state index is 0.933. The molecule has 2 heterocycles. The Morgan fingerprint density at radius 3 is 3.12 bits per heavy atom. The van der Waals surface area contributed by atoms with Gasteiger partial charge in [0.15, 0.2) is 0 Å². The van der Waals surface area contributed by atoms with Crippen molar-refractivity contribution in [2.24, 2.45) is 0 Å². The number of hydrogen-bond acceptors (Lipinski definition) is 3. The predicted octanol–water partition coefficient (Wildman–Crippen LogP) is 3.16. The fraction of sp³-hybridized carbons (Fsp3) is 0.308. The van der Waals surface area contributed by atoms with E-state index in [0.29, 0.717) is 0 Å². The van der Waals surface area contributed by atoms with Gasteiger partial charge in [0.2, 0.25) is 0 Å². The Labute approximate surface area is 99.2 Å². The van der Waals surface area contributed by atoms with Crippen LogP contribution in [0.25, 0.3) is 10.9 Å². The van der Waals surface area contributed by atoms with Crippen LogP contribution in [0.3, 0.4) is 0 Å². The molecule has 1 aromatic heterocycles. The summed E-state index contributed by atoms with van der Waals surface area (Å²) in [6, 6.07) is 6.20. The number of aromatic nitrogens is 1. The summed E-state index contributed by atoms with van der Waals surface area (Å²) in [5.41, 5.74) is 10.7. The number of benzene rings is 1. The van der Waals surface area contributed by atoms with Gasteiger partial charge in [-0.2, -0.15) is 0 Å². The third-order valence-corrected chi connectivity index (χ3v) is 4.32. The maximum Gasteiger partial charge on any atom is 0.0729 e. The van der Waals surface area contributed by atoms with Gasteiger partial charge in [-0.3, -0.25) is 4.98 Å². The number of hydrogen-bond donors (Lipinski definition) is 1. The van der Waals surface area contributed by atoms with Gasteiger partial charge in [0.25, 0.3) is 0 Å². The first kappa shape index (κ1) is 9.97. The Balaban J connectivity index is 2.40. The van der Waals surface area contributed by atoms with Crippen LogP contribution in [-0.2, 0) is 6.42 Å². The first-order valence-corrected chi connectivity index (χ1v) is 6.56. The molecule has 1 aliphatic heterocycles. The highest BCUT2D eigenvalue weighted by atomic mass is 32.2. The van der Waals surface area contributed by atoms with E-state index in [1.54, 1.807) is 0 Å². The smallest absolute Gasteiger partial charge is 0.0729 e. The average molecular weight is 230 g/mol. The molecule has 0 unspecified atom stereocenters. The van der Waals surface area contributed by atoms with Gasteiger partial charge in [-0.05, 0) is 37.1 Å². The van der Waals surface area contributed by atoms with Crippen LogP contribution >= 0.6 is 11.8 Å². The maximum atomic E-state index is 6.28. The Morgan fingerprint density at radius 1 is 1.38 bits per heavy atom. The molecule has 0 saturated heterocycles. The third-order valence-electron chi connectivity index (χ3n) is 3.09. The molecule has 0 spiro atoms. The van der Waals surface area contributed by atoms with Crippen molar-refractivity contribution in [1.82, 2.24) is 4.98 Å². The summed E-state index contributed by atoms with van der Waals surface area (Å²) in [7, 11) is 0. The molecule has 1 aliphatic rings. The van der Waals surface area contributed by atoms with E-state index in [1.165, 1.54) is 22.6 Å². The van der Waals surface area contributed by atoms with Gasteiger partial charge in [-0.15, -0.1) is 11.8 Å². The topological polar surface area (TPSA) is 38.9 Å². The summed E-state index contributed by atoms with van der Waals surface area (Å²) >= 11 is 1.85. The molecule has 2 aromatic rings. The molecular formula is C13H14N2S. The molecule has 0 saturated carbocycles. The van der Waals surface area contributed by atoms with E-state index < -0.39 is 0 Å². The van der Waals surface area contributed by atoms with Crippen molar-refractivity contribution in [2.75, 3.05) is 11.5 Å². The van der Waals surface area contributed by atoms with Crippen molar-refractivity contribution in [3.63, 3.8) is 0 Å². The Kier molecular flexibility index (Phi) is 2.28. The van der Waals surface area contributed by atoms with Crippen LogP contribution in [0.4, 0.5) is 5.69 Å². The van der Waals surface area contributed by atoms with Gasteiger partial charge in [-0.1, -0.05) is 12.1 Å². The zero-order valence-corrected chi connectivity index (χ0v) is 10.1. The lowest BCUT2D eigenvalue weighted by Crippen LogP contribution is -2.06. The lowest BCUT2D eigenvalue weighted by atomic mass is 10.1. The zero-order valence-electron chi connectivity index (χ0n) is 9.29. The minimum Gasteiger partial charge on any atom is -0.397 e. The molecule has 1 aromatic carbocycles. The highest BCUT2D eigenvalue weighted by molar-refractivity contribution is 7.99. The second-order valence-corrected chi connectivity index (χ2v) is 5.33. The number of anilines is 1. The van der Waals surface area contributed by atoms with Crippen molar-refractivity contribution in [2.45, 2.75) is 24.7 Å². The zero-order chi connectivity index (χ0) is 11.1. The van der Waals surface area contributed by atoms with Gasteiger partial charge < -0.3 is 5.73 Å². The molecule has 3 rings (SSSR count). The second kappa shape index (κ2) is 3.67. The standard InChI is InChI=1S/C13H14N2S/c1-8-4-2-5-9-11(8)12(14)13-10(15-9)6-3-7-16-13/h2,4-5H,3,6-7H2,1H3,(H2,14,15). The summed E-state index contributed by atoms with van der Waals surface area (Å²) in [6.07, 6.45) is 2.28. The van der Waals surface area contributed by atoms with E-state index >= 15 is 0 Å². The van der Waals surface area contributed by atoms with Crippen LogP contribution in [0.5, 0.6) is 0 Å². The van der Waals surface area contributed by atoms with Crippen molar-refractivity contribution < 1.29 is 0 Å². The van der Waals surface area contributed by atoms with Gasteiger partial charge >= 0.3 is 0 Å². The van der Waals surface area contributed by atoms with Crippen molar-refractivity contribution >= 4 is 28.4 Å². The molecule has 0 bridgehead atoms. The summed E-state index contributed by atoms with van der Waals surface area (Å²) in [6.45, 7) is 2.10. The summed E-state index contributed by atoms with van der Waals surface area (Å²) in [5, 5.41) is 1.13. The first-order chi connectivity index (χ1) is 7.77. The van der Waals surface area contributed by atoms with E-state index in [1.807, 2.05) is 17.8 Å². The highest BCUT2D eigenvalue weighted by Crippen LogP contribution is 2.38. The monoisotopic (exact) mass is 230 g/mol. The number of aryl methyl sites for hydroxylation is 2. The van der Waals surface area contributed by atoms with E-state index in [2.05, 4.69) is 19.1 Å². The van der Waals surface area contributed by atoms with Gasteiger partial charge in [0, 0.05) is 5.39 Å². The lowest BCUT2D eigenvalue weighted by Gasteiger charge is -2.18. The molecular weight excluding hydrogens is 216 g/mol. The number of thioether (sulfide) groups is 1. The van der Waals surface area contributed by atoms with Gasteiger partial charge in [-0.25, -0.2) is 0 Å². The van der Waals surface area contributed by atoms with Gasteiger partial charge in [0.05, 0.1) is 21.8 Å². The van der Waals surface area contributed by atoms with Gasteiger partial charge in [0.1, 0.15) is 0 Å². The average Bonchev–Trinajstić information content (AvgIpc) is 2.29. The summed E-state index contributed by atoms with van der Waals surface area (Å²) in [4.78, 5) is 5.95. The van der Waals surface area contributed by atoms with Crippen molar-refractivity contribution in [3.8, 4) is 0 Å². The number of nitrogens with two attached hydrogens (primary N) is 1. The number of nitrogen functional groups attached to an aromatic ring is 1. The molecule has 0 amide bonds. The largest absolute Gasteiger partial charge is 0.397 e. The summed E-state index contributed by atoms with van der Waals surface area (Å²) in [5.74, 6) is 1.16. The van der Waals surface area contributed by atoms with Crippen LogP contribution in [0.2, 0.25) is 0 Å². The normalized spacial score (nSPS) is 15.1. The van der Waals surface area contributed by atoms with E-state index in [9.17, 15) is 0 Å². The quantitative estimate of drug-likeness (QED) is 0.755. The molecule has 82 valence electrons. The molecule has 16 heavy (non-hydrogen) atoms. The number of pyridine rings is 1. The SMILES string of the molecule is Cc1cccc2nc3c(c(N)c12)SCCC3. The Hall–Kier alpha value is -1.22. The van der Waals surface area contributed by atoms with Crippen molar-refractivity contribution in [1.29, 1.82) is 0 Å². The van der Waals surface area contributed by atoms with Crippen LogP contribution in [0.1, 0.15) is 17.7 Å². The van der Waals surface area contributed by atoms with E-state index in [0.717, 1.165) is 28.8 Å². The van der Waals surface area contributed by atoms with E-state index in [4.69, 9.17) is 10.7 Å². The number of rotatable bonds is 0. The molecule has 0 radical (unpaired) electrons. The molecule has 0 aliphatic carbocycles. The van der Waals surface area contributed by atoms with Crippen LogP contribution in [0, 0.1) is 6.92 Å². The fourth-order valence-electron chi connectivity index (χ4n) is 2.31. The summed E-state index contributed by atoms with van der Waals surface area (Å²) < 4.78 is 0.